The van der Waals surface area contributed by atoms with Crippen molar-refractivity contribution < 1.29 is 35.4 Å². The summed E-state index contributed by atoms with van der Waals surface area (Å²) in [5.41, 5.74) is 0.449. The van der Waals surface area contributed by atoms with E-state index in [1.54, 1.807) is 13.1 Å². The summed E-state index contributed by atoms with van der Waals surface area (Å²) in [4.78, 5) is 3.93. The van der Waals surface area contributed by atoms with Gasteiger partial charge in [0.2, 0.25) is 5.82 Å². The summed E-state index contributed by atoms with van der Waals surface area (Å²) in [5, 5.41) is 7.97. The second-order valence-electron chi connectivity index (χ2n) is 6.87. The third-order valence-electron chi connectivity index (χ3n) is 4.67. The van der Waals surface area contributed by atoms with Crippen LogP contribution < -0.4 is 4.74 Å². The molecule has 9 nitrogen and oxygen atoms in total. The number of hydrogen-bond donors (Lipinski definition) is 1. The van der Waals surface area contributed by atoms with Crippen LogP contribution in [0.5, 0.6) is 5.75 Å². The molecule has 0 atom stereocenters. The van der Waals surface area contributed by atoms with E-state index in [0.29, 0.717) is 16.8 Å². The van der Waals surface area contributed by atoms with E-state index in [1.807, 2.05) is 0 Å². The number of rotatable bonds is 6. The van der Waals surface area contributed by atoms with Gasteiger partial charge >= 0.3 is 6.18 Å². The van der Waals surface area contributed by atoms with Gasteiger partial charge in [-0.2, -0.15) is 31.7 Å². The van der Waals surface area contributed by atoms with Crippen molar-refractivity contribution in [2.75, 3.05) is 0 Å². The Bertz CT molecular complexity index is 1400. The van der Waals surface area contributed by atoms with Gasteiger partial charge in [0, 0.05) is 12.6 Å². The van der Waals surface area contributed by atoms with Gasteiger partial charge < -0.3 is 9.26 Å². The van der Waals surface area contributed by atoms with Crippen LogP contribution >= 0.6 is 0 Å². The van der Waals surface area contributed by atoms with Crippen molar-refractivity contribution in [3.05, 3.63) is 66.0 Å². The topological polar surface area (TPSA) is 120 Å². The van der Waals surface area contributed by atoms with Gasteiger partial charge in [0.1, 0.15) is 12.4 Å². The molecule has 0 saturated heterocycles. The van der Waals surface area contributed by atoms with Crippen LogP contribution in [0, 0.1) is 0 Å². The number of alkyl halides is 3. The molecule has 0 amide bonds. The lowest BCUT2D eigenvalue weighted by molar-refractivity contribution is -0.137. The third-order valence-corrected chi connectivity index (χ3v) is 5.51. The van der Waals surface area contributed by atoms with Gasteiger partial charge in [-0.1, -0.05) is 17.3 Å². The quantitative estimate of drug-likeness (QED) is 0.412. The van der Waals surface area contributed by atoms with Crippen LogP contribution in [0.4, 0.5) is 13.2 Å². The minimum absolute atomic E-state index is 0.0485. The van der Waals surface area contributed by atoms with Crippen LogP contribution in [0.3, 0.4) is 0 Å². The minimum Gasteiger partial charge on any atom is -0.487 e. The first-order valence-corrected chi connectivity index (χ1v) is 10.7. The largest absolute Gasteiger partial charge is 0.487 e. The molecule has 4 rings (SSSR count). The Hall–Kier alpha value is -3.71. The summed E-state index contributed by atoms with van der Waals surface area (Å²) in [6, 6.07) is 9.65. The first-order valence-electron chi connectivity index (χ1n) is 9.25. The highest BCUT2D eigenvalue weighted by Gasteiger charge is 2.30. The van der Waals surface area contributed by atoms with E-state index in [1.165, 1.54) is 41.2 Å². The average Bonchev–Trinajstić information content (AvgIpc) is 3.38. The van der Waals surface area contributed by atoms with E-state index < -0.39 is 21.9 Å². The standard InChI is InChI=1S/C20H15F3N4O5S/c1-27-17(11-31-14-7-5-13(6-8-14)20(21,22)23)16(10-24-27)19-25-18(26-32-19)12-3-2-4-15(9-12)33(28,29)30/h2-10H,11H2,1H3,(H,28,29,30). The number of hydrogen-bond acceptors (Lipinski definition) is 7. The molecule has 0 unspecified atom stereocenters. The molecule has 0 fully saturated rings. The van der Waals surface area contributed by atoms with Crippen molar-refractivity contribution in [2.24, 2.45) is 7.05 Å². The van der Waals surface area contributed by atoms with E-state index >= 15 is 0 Å². The molecular weight excluding hydrogens is 465 g/mol. The Morgan fingerprint density at radius 1 is 1.15 bits per heavy atom. The fourth-order valence-electron chi connectivity index (χ4n) is 2.95. The van der Waals surface area contributed by atoms with Crippen molar-refractivity contribution in [3.63, 3.8) is 0 Å². The predicted octanol–water partition coefficient (Wildman–Crippen LogP) is 3.98. The maximum absolute atomic E-state index is 12.7. The van der Waals surface area contributed by atoms with Crippen LogP contribution in [0.2, 0.25) is 0 Å². The predicted molar refractivity (Wildman–Crippen MR) is 108 cm³/mol. The highest BCUT2D eigenvalue weighted by molar-refractivity contribution is 7.85. The molecule has 0 aliphatic rings. The molecule has 33 heavy (non-hydrogen) atoms. The van der Waals surface area contributed by atoms with Crippen molar-refractivity contribution in [3.8, 4) is 28.6 Å². The molecule has 0 saturated carbocycles. The van der Waals surface area contributed by atoms with Gasteiger partial charge in [-0.15, -0.1) is 0 Å². The Kier molecular flexibility index (Phi) is 5.68. The van der Waals surface area contributed by atoms with Crippen LogP contribution in [0.15, 0.2) is 64.1 Å². The maximum Gasteiger partial charge on any atom is 0.416 e. The molecule has 0 aliphatic heterocycles. The smallest absolute Gasteiger partial charge is 0.416 e. The van der Waals surface area contributed by atoms with Crippen LogP contribution in [-0.4, -0.2) is 32.9 Å². The van der Waals surface area contributed by atoms with E-state index in [-0.39, 0.29) is 29.0 Å². The average molecular weight is 480 g/mol. The molecule has 0 bridgehead atoms. The molecular formula is C20H15F3N4O5S. The Balaban J connectivity index is 1.56. The monoisotopic (exact) mass is 480 g/mol. The van der Waals surface area contributed by atoms with Gasteiger partial charge in [-0.3, -0.25) is 9.23 Å². The normalized spacial score (nSPS) is 12.2. The third kappa shape index (κ3) is 4.88. The zero-order valence-electron chi connectivity index (χ0n) is 16.8. The van der Waals surface area contributed by atoms with Crippen LogP contribution in [0.25, 0.3) is 22.8 Å². The van der Waals surface area contributed by atoms with E-state index in [0.717, 1.165) is 12.1 Å². The van der Waals surface area contributed by atoms with Crippen LogP contribution in [-0.2, 0) is 29.9 Å². The Morgan fingerprint density at radius 2 is 1.88 bits per heavy atom. The highest BCUT2D eigenvalue weighted by atomic mass is 32.2. The molecule has 4 aromatic rings. The molecule has 0 spiro atoms. The van der Waals surface area contributed by atoms with Gasteiger partial charge in [0.15, 0.2) is 0 Å². The molecule has 13 heteroatoms. The van der Waals surface area contributed by atoms with E-state index in [2.05, 4.69) is 15.2 Å². The zero-order valence-corrected chi connectivity index (χ0v) is 17.6. The molecule has 172 valence electrons. The summed E-state index contributed by atoms with van der Waals surface area (Å²) >= 11 is 0. The number of aryl methyl sites for hydroxylation is 1. The van der Waals surface area contributed by atoms with E-state index in [4.69, 9.17) is 9.26 Å². The number of benzene rings is 2. The molecule has 2 aromatic heterocycles. The Morgan fingerprint density at radius 3 is 2.55 bits per heavy atom. The SMILES string of the molecule is Cn1ncc(-c2nc(-c3cccc(S(=O)(=O)O)c3)no2)c1COc1ccc(C(F)(F)F)cc1. The summed E-state index contributed by atoms with van der Waals surface area (Å²) in [7, 11) is -2.76. The van der Waals surface area contributed by atoms with Gasteiger partial charge in [-0.25, -0.2) is 0 Å². The fourth-order valence-corrected chi connectivity index (χ4v) is 3.48. The van der Waals surface area contributed by atoms with E-state index in [9.17, 15) is 26.1 Å². The number of halogens is 3. The maximum atomic E-state index is 12.7. The lowest BCUT2D eigenvalue weighted by Crippen LogP contribution is -2.06. The van der Waals surface area contributed by atoms with Crippen molar-refractivity contribution in [1.29, 1.82) is 0 Å². The second-order valence-corrected chi connectivity index (χ2v) is 8.29. The molecule has 2 aromatic carbocycles. The van der Waals surface area contributed by atoms with Gasteiger partial charge in [0.05, 0.1) is 27.9 Å². The highest BCUT2D eigenvalue weighted by Crippen LogP contribution is 2.31. The summed E-state index contributed by atoms with van der Waals surface area (Å²) < 4.78 is 82.4. The van der Waals surface area contributed by atoms with Crippen molar-refractivity contribution in [2.45, 2.75) is 17.7 Å². The zero-order chi connectivity index (χ0) is 23.8. The first-order chi connectivity index (χ1) is 15.5. The summed E-state index contributed by atoms with van der Waals surface area (Å²) in [6.07, 6.45) is -2.98. The summed E-state index contributed by atoms with van der Waals surface area (Å²) in [6.45, 7) is -0.0485. The number of nitrogens with zero attached hydrogens (tertiary/aromatic N) is 4. The molecule has 0 aliphatic carbocycles. The lowest BCUT2D eigenvalue weighted by atomic mass is 10.2. The number of aromatic nitrogens is 4. The van der Waals surface area contributed by atoms with Gasteiger partial charge in [-0.05, 0) is 36.4 Å². The Labute approximate surface area is 185 Å². The molecule has 1 N–H and O–H groups in total. The van der Waals surface area contributed by atoms with Crippen molar-refractivity contribution in [1.82, 2.24) is 19.9 Å². The van der Waals surface area contributed by atoms with Crippen molar-refractivity contribution >= 4 is 10.1 Å². The fraction of sp³-hybridized carbons (Fsp3) is 0.150. The molecule has 2 heterocycles. The number of ether oxygens (including phenoxy) is 1. The first kappa shape index (κ1) is 22.5. The minimum atomic E-state index is -4.44. The second kappa shape index (κ2) is 8.33. The molecule has 0 radical (unpaired) electrons. The summed E-state index contributed by atoms with van der Waals surface area (Å²) in [5.74, 6) is 0.374. The lowest BCUT2D eigenvalue weighted by Gasteiger charge is -2.10. The van der Waals surface area contributed by atoms with Crippen LogP contribution in [0.1, 0.15) is 11.3 Å². The van der Waals surface area contributed by atoms with Gasteiger partial charge in [0.25, 0.3) is 16.0 Å².